The Hall–Kier alpha value is -3.12. The second kappa shape index (κ2) is 7.85. The molecule has 160 valence electrons. The van der Waals surface area contributed by atoms with Crippen LogP contribution in [-0.2, 0) is 21.9 Å². The zero-order chi connectivity index (χ0) is 21.4. The van der Waals surface area contributed by atoms with Gasteiger partial charge in [0.25, 0.3) is 11.6 Å². The number of carbonyl (C=O) groups excluding carboxylic acids is 2. The van der Waals surface area contributed by atoms with Gasteiger partial charge in [0.15, 0.2) is 0 Å². The molecule has 1 atom stereocenters. The van der Waals surface area contributed by atoms with Crippen LogP contribution in [0.5, 0.6) is 0 Å². The standard InChI is InChI=1S/C25H27N3O3/c1-2-16-27-22-15-9-7-13-20(22)25(23(27)29)28(21-14-8-6-10-18(21)17-31-25)24(30)26-19-11-4-3-5-12-19/h2,6-10,13-15,19H,1,3-5,11-12,16-17H2,(H,26,30). The van der Waals surface area contributed by atoms with Crippen LogP contribution in [0.1, 0.15) is 43.2 Å². The molecule has 1 N–H and O–H groups in total. The van der Waals surface area contributed by atoms with Gasteiger partial charge in [0.2, 0.25) is 0 Å². The summed E-state index contributed by atoms with van der Waals surface area (Å²) in [6.45, 7) is 4.41. The lowest BCUT2D eigenvalue weighted by Crippen LogP contribution is -2.62. The first-order chi connectivity index (χ1) is 15.2. The van der Waals surface area contributed by atoms with Crippen molar-refractivity contribution in [2.75, 3.05) is 16.3 Å². The van der Waals surface area contributed by atoms with Gasteiger partial charge >= 0.3 is 6.03 Å². The number of amides is 3. The van der Waals surface area contributed by atoms with Crippen molar-refractivity contribution < 1.29 is 14.3 Å². The molecule has 2 aromatic carbocycles. The Balaban J connectivity index is 1.64. The van der Waals surface area contributed by atoms with Crippen LogP contribution >= 0.6 is 0 Å². The van der Waals surface area contributed by atoms with Crippen LogP contribution in [0.3, 0.4) is 0 Å². The quantitative estimate of drug-likeness (QED) is 0.751. The number of hydrogen-bond donors (Lipinski definition) is 1. The first-order valence-electron chi connectivity index (χ1n) is 11.0. The molecule has 0 aromatic heterocycles. The largest absolute Gasteiger partial charge is 0.338 e. The van der Waals surface area contributed by atoms with Gasteiger partial charge in [-0.25, -0.2) is 4.79 Å². The maximum absolute atomic E-state index is 13.9. The molecule has 2 aliphatic heterocycles. The Kier molecular flexibility index (Phi) is 5.02. The highest BCUT2D eigenvalue weighted by Gasteiger charge is 2.60. The molecule has 6 heteroatoms. The van der Waals surface area contributed by atoms with Gasteiger partial charge in [0.05, 0.1) is 18.0 Å². The third-order valence-corrected chi connectivity index (χ3v) is 6.53. The molecule has 2 aromatic rings. The van der Waals surface area contributed by atoms with Crippen LogP contribution in [0.4, 0.5) is 16.2 Å². The van der Waals surface area contributed by atoms with Crippen molar-refractivity contribution in [3.63, 3.8) is 0 Å². The Labute approximate surface area is 182 Å². The second-order valence-corrected chi connectivity index (χ2v) is 8.40. The molecular weight excluding hydrogens is 390 g/mol. The van der Waals surface area contributed by atoms with Crippen molar-refractivity contribution in [2.45, 2.75) is 50.5 Å². The molecule has 3 amide bonds. The summed E-state index contributed by atoms with van der Waals surface area (Å²) in [6.07, 6.45) is 7.03. The molecule has 6 nitrogen and oxygen atoms in total. The van der Waals surface area contributed by atoms with E-state index in [2.05, 4.69) is 11.9 Å². The SMILES string of the molecule is C=CCN1C(=O)C2(OCc3ccccc3N2C(=O)NC2CCCCC2)c2ccccc21. The molecule has 2 heterocycles. The van der Waals surface area contributed by atoms with E-state index >= 15 is 0 Å². The van der Waals surface area contributed by atoms with E-state index in [1.807, 2.05) is 48.5 Å². The predicted octanol–water partition coefficient (Wildman–Crippen LogP) is 4.45. The topological polar surface area (TPSA) is 61.9 Å². The van der Waals surface area contributed by atoms with Gasteiger partial charge in [0.1, 0.15) is 0 Å². The lowest BCUT2D eigenvalue weighted by molar-refractivity contribution is -0.146. The fourth-order valence-corrected chi connectivity index (χ4v) is 5.07. The minimum atomic E-state index is -1.52. The third kappa shape index (κ3) is 3.05. The Morgan fingerprint density at radius 2 is 1.81 bits per heavy atom. The van der Waals surface area contributed by atoms with E-state index in [9.17, 15) is 9.59 Å². The van der Waals surface area contributed by atoms with Gasteiger partial charge in [-0.05, 0) is 25.0 Å². The van der Waals surface area contributed by atoms with Gasteiger partial charge in [0, 0.05) is 23.7 Å². The number of anilines is 2. The smallest absolute Gasteiger partial charge is 0.325 e. The fourth-order valence-electron chi connectivity index (χ4n) is 5.07. The predicted molar refractivity (Wildman–Crippen MR) is 120 cm³/mol. The summed E-state index contributed by atoms with van der Waals surface area (Å²) in [4.78, 5) is 30.8. The zero-order valence-electron chi connectivity index (χ0n) is 17.5. The number of benzene rings is 2. The van der Waals surface area contributed by atoms with Crippen LogP contribution in [0.25, 0.3) is 0 Å². The fraction of sp³-hybridized carbons (Fsp3) is 0.360. The van der Waals surface area contributed by atoms with Gasteiger partial charge in [-0.2, -0.15) is 0 Å². The zero-order valence-corrected chi connectivity index (χ0v) is 17.5. The Morgan fingerprint density at radius 1 is 1.10 bits per heavy atom. The molecule has 1 fully saturated rings. The van der Waals surface area contributed by atoms with E-state index in [1.54, 1.807) is 15.9 Å². The maximum Gasteiger partial charge on any atom is 0.325 e. The molecule has 5 rings (SSSR count). The van der Waals surface area contributed by atoms with Crippen LogP contribution in [0.15, 0.2) is 61.2 Å². The molecule has 0 bridgehead atoms. The molecular formula is C25H27N3O3. The number of nitrogens with one attached hydrogen (secondary N) is 1. The lowest BCUT2D eigenvalue weighted by atomic mass is 9.95. The summed E-state index contributed by atoms with van der Waals surface area (Å²) < 4.78 is 6.33. The number of carbonyl (C=O) groups is 2. The van der Waals surface area contributed by atoms with Crippen molar-refractivity contribution in [1.82, 2.24) is 5.32 Å². The number of nitrogens with zero attached hydrogens (tertiary/aromatic N) is 2. The maximum atomic E-state index is 13.9. The van der Waals surface area contributed by atoms with Crippen LogP contribution in [-0.4, -0.2) is 24.5 Å². The van der Waals surface area contributed by atoms with Gasteiger partial charge in [-0.1, -0.05) is 61.7 Å². The van der Waals surface area contributed by atoms with Crippen molar-refractivity contribution in [3.05, 3.63) is 72.3 Å². The van der Waals surface area contributed by atoms with E-state index in [1.165, 1.54) is 6.42 Å². The summed E-state index contributed by atoms with van der Waals surface area (Å²) in [7, 11) is 0. The first-order valence-corrected chi connectivity index (χ1v) is 11.0. The molecule has 1 saturated carbocycles. The Morgan fingerprint density at radius 3 is 2.58 bits per heavy atom. The van der Waals surface area contributed by atoms with E-state index in [-0.39, 0.29) is 24.6 Å². The average Bonchev–Trinajstić information content (AvgIpc) is 3.03. The van der Waals surface area contributed by atoms with E-state index in [0.29, 0.717) is 17.8 Å². The highest BCUT2D eigenvalue weighted by atomic mass is 16.5. The monoisotopic (exact) mass is 417 g/mol. The van der Waals surface area contributed by atoms with Gasteiger partial charge < -0.3 is 15.0 Å². The van der Waals surface area contributed by atoms with E-state index in [4.69, 9.17) is 4.74 Å². The first kappa shape index (κ1) is 19.8. The molecule has 31 heavy (non-hydrogen) atoms. The molecule has 3 aliphatic rings. The van der Waals surface area contributed by atoms with Crippen LogP contribution in [0.2, 0.25) is 0 Å². The van der Waals surface area contributed by atoms with Gasteiger partial charge in [-0.3, -0.25) is 9.69 Å². The number of hydrogen-bond acceptors (Lipinski definition) is 3. The summed E-state index contributed by atoms with van der Waals surface area (Å²) in [5, 5.41) is 3.19. The summed E-state index contributed by atoms with van der Waals surface area (Å²) in [6, 6.07) is 15.0. The summed E-state index contributed by atoms with van der Waals surface area (Å²) >= 11 is 0. The summed E-state index contributed by atoms with van der Waals surface area (Å²) in [5.41, 5.74) is 1.52. The minimum Gasteiger partial charge on any atom is -0.338 e. The van der Waals surface area contributed by atoms with Gasteiger partial charge in [-0.15, -0.1) is 6.58 Å². The summed E-state index contributed by atoms with van der Waals surface area (Å²) in [5.74, 6) is -0.262. The average molecular weight is 418 g/mol. The molecule has 0 saturated heterocycles. The number of rotatable bonds is 3. The van der Waals surface area contributed by atoms with Crippen LogP contribution < -0.4 is 15.1 Å². The molecule has 1 aliphatic carbocycles. The van der Waals surface area contributed by atoms with Crippen molar-refractivity contribution >= 4 is 23.3 Å². The lowest BCUT2D eigenvalue weighted by Gasteiger charge is -2.44. The molecule has 1 spiro atoms. The van der Waals surface area contributed by atoms with Crippen molar-refractivity contribution in [2.24, 2.45) is 0 Å². The second-order valence-electron chi connectivity index (χ2n) is 8.40. The molecule has 0 radical (unpaired) electrons. The Bertz CT molecular complexity index is 1030. The van der Waals surface area contributed by atoms with Crippen LogP contribution in [0, 0.1) is 0 Å². The number of ether oxygens (including phenoxy) is 1. The third-order valence-electron chi connectivity index (χ3n) is 6.53. The van der Waals surface area contributed by atoms with Crippen molar-refractivity contribution in [3.8, 4) is 0 Å². The van der Waals surface area contributed by atoms with E-state index < -0.39 is 5.72 Å². The number of fused-ring (bicyclic) bond motifs is 3. The highest BCUT2D eigenvalue weighted by molar-refractivity contribution is 6.14. The normalized spacial score (nSPS) is 22.9. The number of para-hydroxylation sites is 2. The number of urea groups is 1. The highest BCUT2D eigenvalue weighted by Crippen LogP contribution is 2.50. The minimum absolute atomic E-state index is 0.114. The van der Waals surface area contributed by atoms with Crippen molar-refractivity contribution in [1.29, 1.82) is 0 Å². The van der Waals surface area contributed by atoms with E-state index in [0.717, 1.165) is 36.9 Å². The molecule has 1 unspecified atom stereocenters.